The second kappa shape index (κ2) is 11.7. The van der Waals surface area contributed by atoms with Crippen molar-refractivity contribution < 1.29 is 23.0 Å². The molecular weight excluding hydrogens is 353 g/mol. The Bertz CT molecular complexity index is 631. The SMILES string of the molecule is CO/C(C)=C/C=C(\C)CCc1ccc(O)cc1CCCCCCC(F)(F)F. The molecule has 0 radical (unpaired) electrons. The second-order valence-electron chi connectivity index (χ2n) is 6.98. The van der Waals surface area contributed by atoms with Crippen molar-refractivity contribution in [3.63, 3.8) is 0 Å². The van der Waals surface area contributed by atoms with Gasteiger partial charge in [0, 0.05) is 6.42 Å². The molecule has 0 aliphatic carbocycles. The second-order valence-corrected chi connectivity index (χ2v) is 6.98. The molecule has 1 aromatic carbocycles. The number of allylic oxidation sites excluding steroid dienone is 4. The van der Waals surface area contributed by atoms with Crippen LogP contribution >= 0.6 is 0 Å². The van der Waals surface area contributed by atoms with Crippen molar-refractivity contribution in [2.75, 3.05) is 7.11 Å². The van der Waals surface area contributed by atoms with Crippen molar-refractivity contribution >= 4 is 0 Å². The van der Waals surface area contributed by atoms with Gasteiger partial charge in [0.15, 0.2) is 0 Å². The van der Waals surface area contributed by atoms with Crippen LogP contribution in [0.15, 0.2) is 41.7 Å². The Morgan fingerprint density at radius 3 is 2.37 bits per heavy atom. The molecule has 2 nitrogen and oxygen atoms in total. The number of rotatable bonds is 11. The van der Waals surface area contributed by atoms with E-state index in [-0.39, 0.29) is 12.2 Å². The van der Waals surface area contributed by atoms with E-state index in [1.807, 2.05) is 25.1 Å². The van der Waals surface area contributed by atoms with Gasteiger partial charge in [0.25, 0.3) is 0 Å². The monoisotopic (exact) mass is 384 g/mol. The number of phenols is 1. The fourth-order valence-electron chi connectivity index (χ4n) is 2.83. The van der Waals surface area contributed by atoms with Gasteiger partial charge in [-0.15, -0.1) is 0 Å². The maximum atomic E-state index is 12.2. The fourth-order valence-corrected chi connectivity index (χ4v) is 2.83. The molecule has 0 heterocycles. The lowest BCUT2D eigenvalue weighted by atomic mass is 9.96. The summed E-state index contributed by atoms with van der Waals surface area (Å²) in [6.45, 7) is 3.97. The van der Waals surface area contributed by atoms with Crippen molar-refractivity contribution in [2.24, 2.45) is 0 Å². The summed E-state index contributed by atoms with van der Waals surface area (Å²) in [4.78, 5) is 0. The summed E-state index contributed by atoms with van der Waals surface area (Å²) in [7, 11) is 1.64. The average molecular weight is 384 g/mol. The third-order valence-corrected chi connectivity index (χ3v) is 4.56. The molecular formula is C22H31F3O2. The highest BCUT2D eigenvalue weighted by molar-refractivity contribution is 5.35. The molecule has 0 unspecified atom stereocenters. The third-order valence-electron chi connectivity index (χ3n) is 4.56. The highest BCUT2D eigenvalue weighted by Crippen LogP contribution is 2.24. The first-order valence-electron chi connectivity index (χ1n) is 9.47. The molecule has 0 aromatic heterocycles. The summed E-state index contributed by atoms with van der Waals surface area (Å²) < 4.78 is 41.6. The van der Waals surface area contributed by atoms with Crippen molar-refractivity contribution in [2.45, 2.75) is 71.4 Å². The predicted molar refractivity (Wildman–Crippen MR) is 104 cm³/mol. The topological polar surface area (TPSA) is 29.5 Å². The number of hydrogen-bond acceptors (Lipinski definition) is 2. The first-order chi connectivity index (χ1) is 12.7. The van der Waals surface area contributed by atoms with E-state index in [2.05, 4.69) is 6.92 Å². The molecule has 0 fully saturated rings. The minimum Gasteiger partial charge on any atom is -0.508 e. The van der Waals surface area contributed by atoms with Crippen LogP contribution < -0.4 is 0 Å². The van der Waals surface area contributed by atoms with E-state index in [1.54, 1.807) is 19.2 Å². The molecule has 0 aliphatic rings. The van der Waals surface area contributed by atoms with Gasteiger partial charge in [0.1, 0.15) is 5.75 Å². The number of aryl methyl sites for hydroxylation is 2. The Balaban J connectivity index is 2.52. The molecule has 5 heteroatoms. The number of benzene rings is 1. The molecule has 0 saturated heterocycles. The molecule has 1 N–H and O–H groups in total. The molecule has 0 bridgehead atoms. The van der Waals surface area contributed by atoms with E-state index >= 15 is 0 Å². The van der Waals surface area contributed by atoms with Crippen molar-refractivity contribution in [1.29, 1.82) is 0 Å². The van der Waals surface area contributed by atoms with E-state index in [9.17, 15) is 18.3 Å². The summed E-state index contributed by atoms with van der Waals surface area (Å²) in [5.41, 5.74) is 3.50. The van der Waals surface area contributed by atoms with Crippen LogP contribution in [0.3, 0.4) is 0 Å². The van der Waals surface area contributed by atoms with Crippen LogP contribution in [-0.2, 0) is 17.6 Å². The van der Waals surface area contributed by atoms with Crippen LogP contribution in [0.5, 0.6) is 5.75 Å². The molecule has 0 atom stereocenters. The first-order valence-corrected chi connectivity index (χ1v) is 9.47. The lowest BCUT2D eigenvalue weighted by molar-refractivity contribution is -0.135. The van der Waals surface area contributed by atoms with Crippen LogP contribution in [0.25, 0.3) is 0 Å². The largest absolute Gasteiger partial charge is 0.508 e. The number of hydrogen-bond donors (Lipinski definition) is 1. The van der Waals surface area contributed by atoms with Gasteiger partial charge in [-0.2, -0.15) is 13.2 Å². The van der Waals surface area contributed by atoms with E-state index in [1.165, 1.54) is 11.1 Å². The summed E-state index contributed by atoms with van der Waals surface area (Å²) in [6.07, 6.45) is 4.14. The number of ether oxygens (including phenoxy) is 1. The molecule has 0 aliphatic heterocycles. The smallest absolute Gasteiger partial charge is 0.389 e. The standard InChI is InChI=1S/C22H31F3O2/c1-17(9-11-18(2)27-3)10-12-19-13-14-21(26)16-20(19)8-6-4-5-7-15-22(23,24)25/h9,11,13-14,16,26H,4-8,10,12,15H2,1-3H3/b17-9+,18-11+. The van der Waals surface area contributed by atoms with E-state index in [0.717, 1.165) is 43.4 Å². The number of aromatic hydroxyl groups is 1. The Kier molecular flexibility index (Phi) is 10.0. The summed E-state index contributed by atoms with van der Waals surface area (Å²) >= 11 is 0. The molecule has 152 valence electrons. The molecule has 0 amide bonds. The summed E-state index contributed by atoms with van der Waals surface area (Å²) in [5.74, 6) is 1.09. The number of halogens is 3. The van der Waals surface area contributed by atoms with Gasteiger partial charge >= 0.3 is 6.18 Å². The highest BCUT2D eigenvalue weighted by Gasteiger charge is 2.25. The number of unbranched alkanes of at least 4 members (excludes halogenated alkanes) is 3. The van der Waals surface area contributed by atoms with Crippen LogP contribution in [0, 0.1) is 0 Å². The van der Waals surface area contributed by atoms with Crippen molar-refractivity contribution in [3.8, 4) is 5.75 Å². The molecule has 0 spiro atoms. The van der Waals surface area contributed by atoms with Gasteiger partial charge < -0.3 is 9.84 Å². The Morgan fingerprint density at radius 2 is 1.70 bits per heavy atom. The molecule has 1 aromatic rings. The zero-order chi connectivity index (χ0) is 20.3. The minimum absolute atomic E-state index is 0.189. The van der Waals surface area contributed by atoms with E-state index in [4.69, 9.17) is 4.74 Å². The minimum atomic E-state index is -4.05. The van der Waals surface area contributed by atoms with Crippen LogP contribution in [0.1, 0.15) is 63.5 Å². The number of alkyl halides is 3. The molecule has 0 saturated carbocycles. The zero-order valence-electron chi connectivity index (χ0n) is 16.5. The highest BCUT2D eigenvalue weighted by atomic mass is 19.4. The summed E-state index contributed by atoms with van der Waals surface area (Å²) in [6, 6.07) is 5.41. The Labute approximate surface area is 160 Å². The zero-order valence-corrected chi connectivity index (χ0v) is 16.5. The Morgan fingerprint density at radius 1 is 1.00 bits per heavy atom. The van der Waals surface area contributed by atoms with Gasteiger partial charge in [0.05, 0.1) is 12.9 Å². The van der Waals surface area contributed by atoms with Gasteiger partial charge in [-0.3, -0.25) is 0 Å². The van der Waals surface area contributed by atoms with Gasteiger partial charge in [-0.1, -0.05) is 30.6 Å². The predicted octanol–water partition coefficient (Wildman–Crippen LogP) is 6.88. The quantitative estimate of drug-likeness (QED) is 0.256. The normalized spacial score (nSPS) is 13.1. The summed E-state index contributed by atoms with van der Waals surface area (Å²) in [5, 5.41) is 9.76. The maximum absolute atomic E-state index is 12.2. The van der Waals surface area contributed by atoms with Crippen LogP contribution in [0.2, 0.25) is 0 Å². The first kappa shape index (κ1) is 23.1. The number of methoxy groups -OCH3 is 1. The lowest BCUT2D eigenvalue weighted by Crippen LogP contribution is -2.06. The average Bonchev–Trinajstić information content (AvgIpc) is 2.60. The number of phenolic OH excluding ortho intramolecular Hbond substituents is 1. The van der Waals surface area contributed by atoms with E-state index < -0.39 is 12.6 Å². The molecule has 1 rings (SSSR count). The maximum Gasteiger partial charge on any atom is 0.389 e. The van der Waals surface area contributed by atoms with Crippen molar-refractivity contribution in [3.05, 3.63) is 52.8 Å². The molecule has 27 heavy (non-hydrogen) atoms. The van der Waals surface area contributed by atoms with Gasteiger partial charge in [-0.25, -0.2) is 0 Å². The van der Waals surface area contributed by atoms with Crippen LogP contribution in [0.4, 0.5) is 13.2 Å². The van der Waals surface area contributed by atoms with Gasteiger partial charge in [-0.05, 0) is 75.3 Å². The fraction of sp³-hybridized carbons (Fsp3) is 0.545. The van der Waals surface area contributed by atoms with Gasteiger partial charge in [0.2, 0.25) is 0 Å². The third kappa shape index (κ3) is 10.7. The Hall–Kier alpha value is -1.91. The van der Waals surface area contributed by atoms with Crippen molar-refractivity contribution in [1.82, 2.24) is 0 Å². The lowest BCUT2D eigenvalue weighted by Gasteiger charge is -2.11. The van der Waals surface area contributed by atoms with E-state index in [0.29, 0.717) is 6.42 Å². The van der Waals surface area contributed by atoms with Crippen LogP contribution in [-0.4, -0.2) is 18.4 Å².